The van der Waals surface area contributed by atoms with Crippen LogP contribution in [0.2, 0.25) is 0 Å². The number of hydrogen-bond donors (Lipinski definition) is 0. The summed E-state index contributed by atoms with van der Waals surface area (Å²) in [6.07, 6.45) is -3.42. The van der Waals surface area contributed by atoms with Gasteiger partial charge in [-0.05, 0) is 18.4 Å². The highest BCUT2D eigenvalue weighted by atomic mass is 19.4. The number of benzene rings is 1. The molecule has 1 aromatic heterocycles. The van der Waals surface area contributed by atoms with Crippen molar-refractivity contribution in [2.24, 2.45) is 0 Å². The quantitative estimate of drug-likeness (QED) is 0.861. The van der Waals surface area contributed by atoms with Gasteiger partial charge in [0.05, 0.1) is 18.0 Å². The molecule has 0 spiro atoms. The van der Waals surface area contributed by atoms with Gasteiger partial charge in [-0.15, -0.1) is 10.2 Å². The van der Waals surface area contributed by atoms with Crippen LogP contribution in [-0.2, 0) is 18.1 Å². The van der Waals surface area contributed by atoms with Crippen LogP contribution in [0.25, 0.3) is 0 Å². The first-order valence-electron chi connectivity index (χ1n) is 7.52. The Morgan fingerprint density at radius 2 is 1.83 bits per heavy atom. The molecule has 1 aromatic carbocycles. The zero-order valence-corrected chi connectivity index (χ0v) is 12.8. The SMILES string of the molecule is N#CC1(c2ccccc2)CCN(Cc2nnc(C(F)(F)F)o2)CC1. The minimum Gasteiger partial charge on any atom is -0.416 e. The fraction of sp³-hybridized carbons (Fsp3) is 0.438. The van der Waals surface area contributed by atoms with E-state index in [4.69, 9.17) is 0 Å². The number of hydrogen-bond acceptors (Lipinski definition) is 5. The summed E-state index contributed by atoms with van der Waals surface area (Å²) >= 11 is 0. The van der Waals surface area contributed by atoms with Crippen molar-refractivity contribution in [1.82, 2.24) is 15.1 Å². The number of rotatable bonds is 3. The zero-order chi connectivity index (χ0) is 17.2. The minimum absolute atomic E-state index is 0.0634. The molecule has 2 heterocycles. The van der Waals surface area contributed by atoms with Crippen LogP contribution in [0.1, 0.15) is 30.2 Å². The summed E-state index contributed by atoms with van der Waals surface area (Å²) in [4.78, 5) is 1.92. The topological polar surface area (TPSA) is 66.0 Å². The van der Waals surface area contributed by atoms with Crippen molar-refractivity contribution in [3.8, 4) is 6.07 Å². The molecule has 1 aliphatic rings. The summed E-state index contributed by atoms with van der Waals surface area (Å²) in [7, 11) is 0. The fourth-order valence-corrected chi connectivity index (χ4v) is 2.94. The van der Waals surface area contributed by atoms with Crippen molar-refractivity contribution in [2.45, 2.75) is 31.0 Å². The van der Waals surface area contributed by atoms with E-state index in [0.717, 1.165) is 5.56 Å². The molecule has 1 saturated heterocycles. The first-order valence-corrected chi connectivity index (χ1v) is 7.52. The summed E-state index contributed by atoms with van der Waals surface area (Å²) in [5, 5.41) is 16.1. The van der Waals surface area contributed by atoms with Crippen LogP contribution in [0, 0.1) is 11.3 Å². The van der Waals surface area contributed by atoms with Gasteiger partial charge in [0.1, 0.15) is 0 Å². The highest BCUT2D eigenvalue weighted by Gasteiger charge is 2.39. The predicted molar refractivity (Wildman–Crippen MR) is 77.5 cm³/mol. The maximum atomic E-state index is 12.5. The molecule has 0 N–H and O–H groups in total. The van der Waals surface area contributed by atoms with E-state index in [1.807, 2.05) is 35.2 Å². The molecule has 126 valence electrons. The lowest BCUT2D eigenvalue weighted by atomic mass is 9.74. The van der Waals surface area contributed by atoms with Gasteiger partial charge in [0, 0.05) is 13.1 Å². The van der Waals surface area contributed by atoms with Crippen LogP contribution in [0.3, 0.4) is 0 Å². The number of piperidine rings is 1. The molecule has 0 amide bonds. The number of aromatic nitrogens is 2. The molecule has 1 fully saturated rings. The van der Waals surface area contributed by atoms with Gasteiger partial charge in [-0.25, -0.2) is 0 Å². The van der Waals surface area contributed by atoms with E-state index in [1.54, 1.807) is 0 Å². The second kappa shape index (κ2) is 6.24. The van der Waals surface area contributed by atoms with Gasteiger partial charge in [0.2, 0.25) is 5.89 Å². The smallest absolute Gasteiger partial charge is 0.416 e. The Hall–Kier alpha value is -2.40. The average Bonchev–Trinajstić information content (AvgIpc) is 3.05. The van der Waals surface area contributed by atoms with Crippen LogP contribution in [0.4, 0.5) is 13.2 Å². The second-order valence-corrected chi connectivity index (χ2v) is 5.83. The van der Waals surface area contributed by atoms with E-state index in [2.05, 4.69) is 20.7 Å². The largest absolute Gasteiger partial charge is 0.470 e. The highest BCUT2D eigenvalue weighted by molar-refractivity contribution is 5.33. The van der Waals surface area contributed by atoms with Crippen LogP contribution in [0.15, 0.2) is 34.7 Å². The molecule has 0 radical (unpaired) electrons. The maximum Gasteiger partial charge on any atom is 0.470 e. The molecule has 3 rings (SSSR count). The Labute approximate surface area is 136 Å². The third-order valence-corrected chi connectivity index (χ3v) is 4.32. The third kappa shape index (κ3) is 3.26. The Bertz CT molecular complexity index is 728. The molecular formula is C16H15F3N4O. The maximum absolute atomic E-state index is 12.5. The number of likely N-dealkylation sites (tertiary alicyclic amines) is 1. The average molecular weight is 336 g/mol. The van der Waals surface area contributed by atoms with E-state index < -0.39 is 17.5 Å². The minimum atomic E-state index is -4.63. The van der Waals surface area contributed by atoms with Gasteiger partial charge in [0.15, 0.2) is 0 Å². The van der Waals surface area contributed by atoms with Gasteiger partial charge in [0.25, 0.3) is 0 Å². The van der Waals surface area contributed by atoms with Crippen molar-refractivity contribution in [1.29, 1.82) is 5.26 Å². The molecule has 0 atom stereocenters. The fourth-order valence-electron chi connectivity index (χ4n) is 2.94. The number of alkyl halides is 3. The van der Waals surface area contributed by atoms with Gasteiger partial charge in [-0.2, -0.15) is 18.4 Å². The lowest BCUT2D eigenvalue weighted by Crippen LogP contribution is -2.41. The molecule has 0 unspecified atom stereocenters. The summed E-state index contributed by atoms with van der Waals surface area (Å²) < 4.78 is 42.1. The number of nitriles is 1. The summed E-state index contributed by atoms with van der Waals surface area (Å²) in [5.74, 6) is -1.39. The monoisotopic (exact) mass is 336 g/mol. The molecule has 0 saturated carbocycles. The van der Waals surface area contributed by atoms with Gasteiger partial charge >= 0.3 is 12.1 Å². The highest BCUT2D eigenvalue weighted by Crippen LogP contribution is 2.35. The normalized spacial score (nSPS) is 18.2. The Kier molecular flexibility index (Phi) is 4.28. The van der Waals surface area contributed by atoms with E-state index in [0.29, 0.717) is 25.9 Å². The molecule has 8 heteroatoms. The van der Waals surface area contributed by atoms with Gasteiger partial charge in [-0.3, -0.25) is 4.90 Å². The second-order valence-electron chi connectivity index (χ2n) is 5.83. The van der Waals surface area contributed by atoms with E-state index >= 15 is 0 Å². The van der Waals surface area contributed by atoms with Crippen molar-refractivity contribution in [2.75, 3.05) is 13.1 Å². The van der Waals surface area contributed by atoms with Gasteiger partial charge in [-0.1, -0.05) is 30.3 Å². The summed E-state index contributed by atoms with van der Waals surface area (Å²) in [6.45, 7) is 1.30. The van der Waals surface area contributed by atoms with Crippen LogP contribution in [0.5, 0.6) is 0 Å². The Balaban J connectivity index is 1.65. The van der Waals surface area contributed by atoms with Crippen LogP contribution in [-0.4, -0.2) is 28.2 Å². The zero-order valence-electron chi connectivity index (χ0n) is 12.8. The molecule has 0 aliphatic carbocycles. The Morgan fingerprint density at radius 1 is 1.17 bits per heavy atom. The van der Waals surface area contributed by atoms with E-state index in [9.17, 15) is 18.4 Å². The summed E-state index contributed by atoms with van der Waals surface area (Å²) in [6, 6.07) is 12.0. The molecule has 5 nitrogen and oxygen atoms in total. The molecular weight excluding hydrogens is 321 g/mol. The molecule has 2 aromatic rings. The van der Waals surface area contributed by atoms with Crippen molar-refractivity contribution in [3.05, 3.63) is 47.7 Å². The lowest BCUT2D eigenvalue weighted by molar-refractivity contribution is -0.157. The lowest BCUT2D eigenvalue weighted by Gasteiger charge is -2.37. The Morgan fingerprint density at radius 3 is 2.38 bits per heavy atom. The van der Waals surface area contributed by atoms with E-state index in [1.165, 1.54) is 0 Å². The first-order chi connectivity index (χ1) is 11.4. The van der Waals surface area contributed by atoms with E-state index in [-0.39, 0.29) is 12.4 Å². The van der Waals surface area contributed by atoms with Crippen molar-refractivity contribution in [3.63, 3.8) is 0 Å². The number of nitrogens with zero attached hydrogens (tertiary/aromatic N) is 4. The van der Waals surface area contributed by atoms with Crippen LogP contribution >= 0.6 is 0 Å². The first kappa shape index (κ1) is 16.5. The summed E-state index contributed by atoms with van der Waals surface area (Å²) in [5.41, 5.74) is 0.424. The van der Waals surface area contributed by atoms with Crippen molar-refractivity contribution < 1.29 is 17.6 Å². The standard InChI is InChI=1S/C16H15F3N4O/c17-16(18,19)14-22-21-13(24-14)10-23-8-6-15(11-20,7-9-23)12-4-2-1-3-5-12/h1-5H,6-10H2. The number of halogens is 3. The molecule has 1 aliphatic heterocycles. The van der Waals surface area contributed by atoms with Crippen molar-refractivity contribution >= 4 is 0 Å². The predicted octanol–water partition coefficient (Wildman–Crippen LogP) is 3.15. The van der Waals surface area contributed by atoms with Crippen LogP contribution < -0.4 is 0 Å². The molecule has 24 heavy (non-hydrogen) atoms. The van der Waals surface area contributed by atoms with Gasteiger partial charge < -0.3 is 4.42 Å². The molecule has 0 bridgehead atoms. The third-order valence-electron chi connectivity index (χ3n) is 4.32.